The van der Waals surface area contributed by atoms with E-state index in [1.54, 1.807) is 0 Å². The monoisotopic (exact) mass is 315 g/mol. The molecule has 1 saturated carbocycles. The molecule has 0 bridgehead atoms. The van der Waals surface area contributed by atoms with Crippen molar-refractivity contribution in [1.82, 2.24) is 15.1 Å². The first kappa shape index (κ1) is 18.5. The van der Waals surface area contributed by atoms with Crippen molar-refractivity contribution < 1.29 is 4.74 Å². The van der Waals surface area contributed by atoms with E-state index in [0.717, 1.165) is 26.1 Å². The van der Waals surface area contributed by atoms with Gasteiger partial charge in [-0.1, -0.05) is 12.8 Å². The standard InChI is InChI=1S/C16H29N3O.ClH/c1-13(2)20-10-6-9-17-11-15-12-19(18-14(15)3)16-7-4-5-8-16;/h12-13,16-17H,4-11H2,1-3H3;1H. The predicted molar refractivity (Wildman–Crippen MR) is 89.1 cm³/mol. The molecule has 0 atom stereocenters. The van der Waals surface area contributed by atoms with Crippen LogP contribution in [0.3, 0.4) is 0 Å². The Hall–Kier alpha value is -0.580. The number of nitrogens with zero attached hydrogens (tertiary/aromatic N) is 2. The van der Waals surface area contributed by atoms with Crippen LogP contribution in [0.2, 0.25) is 0 Å². The second kappa shape index (κ2) is 9.44. The summed E-state index contributed by atoms with van der Waals surface area (Å²) < 4.78 is 7.73. The van der Waals surface area contributed by atoms with Gasteiger partial charge >= 0.3 is 0 Å². The minimum atomic E-state index is 0. The molecule has 1 heterocycles. The molecule has 0 radical (unpaired) electrons. The Morgan fingerprint density at radius 1 is 1.38 bits per heavy atom. The van der Waals surface area contributed by atoms with Crippen molar-refractivity contribution in [3.63, 3.8) is 0 Å². The number of hydrogen-bond donors (Lipinski definition) is 1. The maximum atomic E-state index is 5.53. The van der Waals surface area contributed by atoms with Gasteiger partial charge in [0.25, 0.3) is 0 Å². The van der Waals surface area contributed by atoms with E-state index in [2.05, 4.69) is 42.1 Å². The van der Waals surface area contributed by atoms with Gasteiger partial charge in [-0.3, -0.25) is 4.68 Å². The van der Waals surface area contributed by atoms with Gasteiger partial charge in [-0.2, -0.15) is 5.10 Å². The third kappa shape index (κ3) is 5.97. The molecule has 0 saturated heterocycles. The van der Waals surface area contributed by atoms with Crippen LogP contribution >= 0.6 is 12.4 Å². The van der Waals surface area contributed by atoms with E-state index in [9.17, 15) is 0 Å². The highest BCUT2D eigenvalue weighted by atomic mass is 35.5. The van der Waals surface area contributed by atoms with E-state index in [1.165, 1.54) is 36.9 Å². The summed E-state index contributed by atoms with van der Waals surface area (Å²) in [5, 5.41) is 8.17. The van der Waals surface area contributed by atoms with Crippen LogP contribution in [0, 0.1) is 6.92 Å². The molecule has 5 heteroatoms. The summed E-state index contributed by atoms with van der Waals surface area (Å²) in [6.07, 6.45) is 8.93. The highest BCUT2D eigenvalue weighted by Gasteiger charge is 2.18. The number of ether oxygens (including phenoxy) is 1. The van der Waals surface area contributed by atoms with Crippen LogP contribution in [0.5, 0.6) is 0 Å². The molecule has 0 amide bonds. The lowest BCUT2D eigenvalue weighted by atomic mass is 10.2. The summed E-state index contributed by atoms with van der Waals surface area (Å²) in [4.78, 5) is 0. The predicted octanol–water partition coefficient (Wildman–Crippen LogP) is 3.63. The molecule has 0 aliphatic heterocycles. The van der Waals surface area contributed by atoms with Gasteiger partial charge in [-0.25, -0.2) is 0 Å². The fourth-order valence-electron chi connectivity index (χ4n) is 2.79. The molecule has 1 aromatic rings. The van der Waals surface area contributed by atoms with Crippen molar-refractivity contribution in [3.05, 3.63) is 17.5 Å². The van der Waals surface area contributed by atoms with Gasteiger partial charge in [-0.05, 0) is 46.6 Å². The minimum Gasteiger partial charge on any atom is -0.379 e. The molecule has 122 valence electrons. The van der Waals surface area contributed by atoms with Crippen LogP contribution in [0.4, 0.5) is 0 Å². The third-order valence-electron chi connectivity index (χ3n) is 3.98. The number of rotatable bonds is 8. The van der Waals surface area contributed by atoms with Gasteiger partial charge in [0, 0.05) is 24.9 Å². The van der Waals surface area contributed by atoms with Crippen molar-refractivity contribution in [2.24, 2.45) is 0 Å². The van der Waals surface area contributed by atoms with Gasteiger partial charge in [0.15, 0.2) is 0 Å². The summed E-state index contributed by atoms with van der Waals surface area (Å²) in [6, 6.07) is 0.641. The first-order valence-electron chi connectivity index (χ1n) is 8.03. The van der Waals surface area contributed by atoms with Crippen LogP contribution in [0.25, 0.3) is 0 Å². The average Bonchev–Trinajstić information content (AvgIpc) is 3.03. The topological polar surface area (TPSA) is 39.1 Å². The van der Waals surface area contributed by atoms with E-state index >= 15 is 0 Å². The molecule has 1 fully saturated rings. The maximum Gasteiger partial charge on any atom is 0.0638 e. The average molecular weight is 316 g/mol. The summed E-state index contributed by atoms with van der Waals surface area (Å²) in [5.74, 6) is 0. The second-order valence-electron chi connectivity index (χ2n) is 6.11. The Balaban J connectivity index is 0.00000220. The highest BCUT2D eigenvalue weighted by molar-refractivity contribution is 5.85. The van der Waals surface area contributed by atoms with E-state index in [-0.39, 0.29) is 12.4 Å². The minimum absolute atomic E-state index is 0. The Labute approximate surface area is 135 Å². The first-order valence-corrected chi connectivity index (χ1v) is 8.03. The molecule has 0 unspecified atom stereocenters. The molecule has 1 aliphatic carbocycles. The van der Waals surface area contributed by atoms with Crippen LogP contribution in [-0.4, -0.2) is 29.0 Å². The Bertz CT molecular complexity index is 400. The summed E-state index contributed by atoms with van der Waals surface area (Å²) in [5.41, 5.74) is 2.50. The van der Waals surface area contributed by atoms with Gasteiger partial charge in [0.2, 0.25) is 0 Å². The van der Waals surface area contributed by atoms with Crippen molar-refractivity contribution in [2.75, 3.05) is 13.2 Å². The fourth-order valence-corrected chi connectivity index (χ4v) is 2.79. The van der Waals surface area contributed by atoms with Crippen molar-refractivity contribution in [2.45, 2.75) is 71.6 Å². The zero-order valence-electron chi connectivity index (χ0n) is 13.6. The molecule has 1 aromatic heterocycles. The Morgan fingerprint density at radius 3 is 2.76 bits per heavy atom. The summed E-state index contributed by atoms with van der Waals surface area (Å²) in [6.45, 7) is 9.03. The summed E-state index contributed by atoms with van der Waals surface area (Å²) in [7, 11) is 0. The number of aromatic nitrogens is 2. The van der Waals surface area contributed by atoms with E-state index in [1.807, 2.05) is 0 Å². The van der Waals surface area contributed by atoms with Gasteiger partial charge < -0.3 is 10.1 Å². The lowest BCUT2D eigenvalue weighted by Gasteiger charge is -2.09. The molecule has 4 nitrogen and oxygen atoms in total. The quantitative estimate of drug-likeness (QED) is 0.745. The SMILES string of the molecule is Cc1nn(C2CCCC2)cc1CNCCCOC(C)C.Cl. The molecule has 2 rings (SSSR count). The summed E-state index contributed by atoms with van der Waals surface area (Å²) >= 11 is 0. The van der Waals surface area contributed by atoms with Crippen molar-refractivity contribution in [3.8, 4) is 0 Å². The lowest BCUT2D eigenvalue weighted by Crippen LogP contribution is -2.17. The Morgan fingerprint density at radius 2 is 2.10 bits per heavy atom. The second-order valence-corrected chi connectivity index (χ2v) is 6.11. The van der Waals surface area contributed by atoms with Crippen LogP contribution in [0.1, 0.15) is 63.3 Å². The number of aryl methyl sites for hydroxylation is 1. The Kier molecular flexibility index (Phi) is 8.30. The highest BCUT2D eigenvalue weighted by Crippen LogP contribution is 2.29. The van der Waals surface area contributed by atoms with E-state index in [4.69, 9.17) is 4.74 Å². The zero-order valence-corrected chi connectivity index (χ0v) is 14.4. The van der Waals surface area contributed by atoms with Crippen LogP contribution < -0.4 is 5.32 Å². The fraction of sp³-hybridized carbons (Fsp3) is 0.812. The first-order chi connectivity index (χ1) is 9.66. The molecule has 1 N–H and O–H groups in total. The lowest BCUT2D eigenvalue weighted by molar-refractivity contribution is 0.0770. The molecule has 0 aromatic carbocycles. The van der Waals surface area contributed by atoms with E-state index in [0.29, 0.717) is 12.1 Å². The largest absolute Gasteiger partial charge is 0.379 e. The third-order valence-corrected chi connectivity index (χ3v) is 3.98. The maximum absolute atomic E-state index is 5.53. The van der Waals surface area contributed by atoms with Gasteiger partial charge in [0.05, 0.1) is 17.8 Å². The van der Waals surface area contributed by atoms with Crippen molar-refractivity contribution in [1.29, 1.82) is 0 Å². The zero-order chi connectivity index (χ0) is 14.4. The normalized spacial score (nSPS) is 15.6. The van der Waals surface area contributed by atoms with Gasteiger partial charge in [0.1, 0.15) is 0 Å². The van der Waals surface area contributed by atoms with Crippen LogP contribution in [0.15, 0.2) is 6.20 Å². The van der Waals surface area contributed by atoms with Crippen molar-refractivity contribution >= 4 is 12.4 Å². The van der Waals surface area contributed by atoms with Crippen LogP contribution in [-0.2, 0) is 11.3 Å². The molecular weight excluding hydrogens is 286 g/mol. The molecule has 21 heavy (non-hydrogen) atoms. The number of nitrogens with one attached hydrogen (secondary N) is 1. The molecule has 1 aliphatic rings. The molecule has 0 spiro atoms. The number of halogens is 1. The van der Waals surface area contributed by atoms with Gasteiger partial charge in [-0.15, -0.1) is 12.4 Å². The molecular formula is C16H30ClN3O. The smallest absolute Gasteiger partial charge is 0.0638 e. The number of hydrogen-bond acceptors (Lipinski definition) is 3. The van der Waals surface area contributed by atoms with E-state index < -0.39 is 0 Å².